The number of aliphatic hydroxyl groups excluding tert-OH is 3. The molecule has 4 heteroatoms. The van der Waals surface area contributed by atoms with Gasteiger partial charge in [-0.2, -0.15) is 0 Å². The minimum Gasteiger partial charge on any atom is -0.395 e. The van der Waals surface area contributed by atoms with Crippen LogP contribution in [-0.2, 0) is 27.3 Å². The fourth-order valence-electron chi connectivity index (χ4n) is 5.14. The summed E-state index contributed by atoms with van der Waals surface area (Å²) in [6.07, 6.45) is 0. The Morgan fingerprint density at radius 2 is 0.757 bits per heavy atom. The van der Waals surface area contributed by atoms with Crippen molar-refractivity contribution >= 4 is 0 Å². The highest BCUT2D eigenvalue weighted by Gasteiger charge is 2.55. The van der Waals surface area contributed by atoms with Gasteiger partial charge in [0.25, 0.3) is 0 Å². The highest BCUT2D eigenvalue weighted by Crippen LogP contribution is 2.52. The molecule has 0 aliphatic heterocycles. The molecule has 2 aromatic carbocycles. The maximum absolute atomic E-state index is 13.3. The van der Waals surface area contributed by atoms with Crippen LogP contribution in [0.4, 0.5) is 0 Å². The minimum atomic E-state index is -1.89. The zero-order valence-corrected chi connectivity index (χ0v) is 25.4. The first-order chi connectivity index (χ1) is 16.6. The topological polar surface area (TPSA) is 80.9 Å². The summed E-state index contributed by atoms with van der Waals surface area (Å²) in [6, 6.07) is 12.3. The Morgan fingerprint density at radius 3 is 0.973 bits per heavy atom. The Balaban J connectivity index is 3.31. The van der Waals surface area contributed by atoms with E-state index in [4.69, 9.17) is 0 Å². The quantitative estimate of drug-likeness (QED) is 0.378. The van der Waals surface area contributed by atoms with E-state index in [9.17, 15) is 20.4 Å². The van der Waals surface area contributed by atoms with Crippen molar-refractivity contribution in [2.75, 3.05) is 19.8 Å². The molecular formula is C33H52O4. The number of hydrogen-bond donors (Lipinski definition) is 4. The molecule has 0 aliphatic carbocycles. The van der Waals surface area contributed by atoms with Crippen molar-refractivity contribution < 1.29 is 20.4 Å². The van der Waals surface area contributed by atoms with Crippen LogP contribution in [0.3, 0.4) is 0 Å². The van der Waals surface area contributed by atoms with Gasteiger partial charge in [-0.15, -0.1) is 0 Å². The van der Waals surface area contributed by atoms with Crippen molar-refractivity contribution in [2.24, 2.45) is 5.41 Å². The normalized spacial score (nSPS) is 14.3. The summed E-state index contributed by atoms with van der Waals surface area (Å²) in [5, 5.41) is 45.7. The van der Waals surface area contributed by atoms with Gasteiger partial charge >= 0.3 is 0 Å². The third kappa shape index (κ3) is 5.83. The number of aliphatic hydroxyl groups is 4. The number of hydrogen-bond acceptors (Lipinski definition) is 4. The largest absolute Gasteiger partial charge is 0.395 e. The van der Waals surface area contributed by atoms with Crippen LogP contribution in [0.5, 0.6) is 0 Å². The molecule has 0 atom stereocenters. The van der Waals surface area contributed by atoms with E-state index < -0.39 is 30.8 Å². The van der Waals surface area contributed by atoms with Gasteiger partial charge in [0.05, 0.1) is 25.2 Å². The predicted octanol–water partition coefficient (Wildman–Crippen LogP) is 6.08. The van der Waals surface area contributed by atoms with E-state index in [0.717, 1.165) is 22.3 Å². The minimum absolute atomic E-state index is 0.202. The van der Waals surface area contributed by atoms with Gasteiger partial charge in [0, 0.05) is 0 Å². The van der Waals surface area contributed by atoms with Gasteiger partial charge < -0.3 is 20.4 Å². The van der Waals surface area contributed by atoms with Crippen molar-refractivity contribution in [3.63, 3.8) is 0 Å². The van der Waals surface area contributed by atoms with Crippen LogP contribution in [0.25, 0.3) is 0 Å². The summed E-state index contributed by atoms with van der Waals surface area (Å²) in [6.45, 7) is 23.5. The average molecular weight is 513 g/mol. The van der Waals surface area contributed by atoms with Gasteiger partial charge in [-0.05, 0) is 55.0 Å². The lowest BCUT2D eigenvalue weighted by atomic mass is 9.60. The first-order valence-corrected chi connectivity index (χ1v) is 13.5. The predicted molar refractivity (Wildman–Crippen MR) is 154 cm³/mol. The van der Waals surface area contributed by atoms with E-state index in [0.29, 0.717) is 11.1 Å². The van der Waals surface area contributed by atoms with Crippen molar-refractivity contribution in [3.05, 3.63) is 69.8 Å². The lowest BCUT2D eigenvalue weighted by Gasteiger charge is -2.49. The van der Waals surface area contributed by atoms with Crippen molar-refractivity contribution in [1.82, 2.24) is 0 Å². The second-order valence-corrected chi connectivity index (χ2v) is 15.0. The van der Waals surface area contributed by atoms with E-state index in [1.807, 2.05) is 12.1 Å². The average Bonchev–Trinajstić information content (AvgIpc) is 2.77. The first kappa shape index (κ1) is 31.5. The van der Waals surface area contributed by atoms with Crippen LogP contribution in [0.2, 0.25) is 0 Å². The molecule has 0 unspecified atom stereocenters. The highest BCUT2D eigenvalue weighted by molar-refractivity contribution is 5.53. The van der Waals surface area contributed by atoms with Crippen LogP contribution in [0.15, 0.2) is 36.4 Å². The zero-order valence-electron chi connectivity index (χ0n) is 25.4. The second kappa shape index (κ2) is 10.1. The standard InChI is InChI=1S/C33H52O4/c1-28(2,3)22-13-15-24(30(7,8)9)26(17-22)33(37,32(19-34,20-35)21-36)27-18-23(29(4,5)6)14-16-25(27)31(10,11)12/h13-18,34-37H,19-21H2,1-12H3. The molecule has 0 saturated carbocycles. The summed E-state index contributed by atoms with van der Waals surface area (Å²) in [5.41, 5.74) is 0.458. The summed E-state index contributed by atoms with van der Waals surface area (Å²) < 4.78 is 0. The fraction of sp³-hybridized carbons (Fsp3) is 0.636. The molecule has 37 heavy (non-hydrogen) atoms. The van der Waals surface area contributed by atoms with E-state index in [1.54, 1.807) is 0 Å². The molecule has 208 valence electrons. The molecule has 0 fully saturated rings. The Hall–Kier alpha value is -1.72. The maximum Gasteiger partial charge on any atom is 0.127 e. The van der Waals surface area contributed by atoms with Crippen molar-refractivity contribution in [3.8, 4) is 0 Å². The molecule has 0 heterocycles. The second-order valence-electron chi connectivity index (χ2n) is 15.0. The zero-order chi connectivity index (χ0) is 28.8. The molecule has 2 rings (SSSR count). The third-order valence-electron chi connectivity index (χ3n) is 7.84. The molecule has 0 aromatic heterocycles. The lowest BCUT2D eigenvalue weighted by molar-refractivity contribution is -0.137. The summed E-state index contributed by atoms with van der Waals surface area (Å²) in [7, 11) is 0. The van der Waals surface area contributed by atoms with Gasteiger partial charge in [-0.25, -0.2) is 0 Å². The molecule has 0 spiro atoms. The monoisotopic (exact) mass is 512 g/mol. The van der Waals surface area contributed by atoms with Crippen LogP contribution in [0.1, 0.15) is 116 Å². The van der Waals surface area contributed by atoms with E-state index in [-0.39, 0.29) is 21.7 Å². The van der Waals surface area contributed by atoms with Crippen molar-refractivity contribution in [1.29, 1.82) is 0 Å². The maximum atomic E-state index is 13.3. The molecular weight excluding hydrogens is 460 g/mol. The Morgan fingerprint density at radius 1 is 0.459 bits per heavy atom. The van der Waals surface area contributed by atoms with Crippen LogP contribution < -0.4 is 0 Å². The molecule has 0 amide bonds. The fourth-order valence-corrected chi connectivity index (χ4v) is 5.14. The van der Waals surface area contributed by atoms with Crippen LogP contribution in [0, 0.1) is 5.41 Å². The number of rotatable bonds is 6. The molecule has 0 aliphatic rings. The van der Waals surface area contributed by atoms with Crippen molar-refractivity contribution in [2.45, 2.75) is 110 Å². The molecule has 0 radical (unpaired) electrons. The molecule has 4 N–H and O–H groups in total. The number of benzene rings is 2. The highest BCUT2D eigenvalue weighted by atomic mass is 16.3. The Bertz CT molecular complexity index is 997. The van der Waals surface area contributed by atoms with E-state index in [2.05, 4.69) is 107 Å². The molecule has 0 bridgehead atoms. The van der Waals surface area contributed by atoms with Gasteiger partial charge in [-0.3, -0.25) is 0 Å². The van der Waals surface area contributed by atoms with Gasteiger partial charge in [0.15, 0.2) is 0 Å². The molecule has 0 saturated heterocycles. The van der Waals surface area contributed by atoms with Gasteiger partial charge in [-0.1, -0.05) is 119 Å². The molecule has 4 nitrogen and oxygen atoms in total. The molecule has 2 aromatic rings. The Kier molecular flexibility index (Phi) is 8.61. The van der Waals surface area contributed by atoms with Gasteiger partial charge in [0.1, 0.15) is 5.60 Å². The Labute approximate surface area is 225 Å². The van der Waals surface area contributed by atoms with Gasteiger partial charge in [0.2, 0.25) is 0 Å². The van der Waals surface area contributed by atoms with E-state index in [1.165, 1.54) is 0 Å². The summed E-state index contributed by atoms with van der Waals surface area (Å²) in [5.74, 6) is 0. The first-order valence-electron chi connectivity index (χ1n) is 13.5. The van der Waals surface area contributed by atoms with Crippen LogP contribution in [-0.4, -0.2) is 40.2 Å². The SMILES string of the molecule is CC(C)(C)c1ccc(C(C)(C)C)c(C(O)(c2cc(C(C)(C)C)ccc2C(C)(C)C)C(CO)(CO)CO)c1. The summed E-state index contributed by atoms with van der Waals surface area (Å²) >= 11 is 0. The smallest absolute Gasteiger partial charge is 0.127 e. The van der Waals surface area contributed by atoms with Crippen LogP contribution >= 0.6 is 0 Å². The lowest BCUT2D eigenvalue weighted by Crippen LogP contribution is -2.55. The summed E-state index contributed by atoms with van der Waals surface area (Å²) in [4.78, 5) is 0. The third-order valence-corrected chi connectivity index (χ3v) is 7.84. The van der Waals surface area contributed by atoms with E-state index >= 15 is 0 Å².